The van der Waals surface area contributed by atoms with Gasteiger partial charge in [-0.05, 0) is 97.6 Å². The number of allylic oxidation sites excluding steroid dienone is 2. The number of aliphatic imine (C=N–C) groups is 1. The van der Waals surface area contributed by atoms with Gasteiger partial charge in [0.15, 0.2) is 0 Å². The lowest BCUT2D eigenvalue weighted by molar-refractivity contribution is 0.660. The summed E-state index contributed by atoms with van der Waals surface area (Å²) < 4.78 is 2.33. The van der Waals surface area contributed by atoms with Crippen LogP contribution in [-0.4, -0.2) is 10.3 Å². The lowest BCUT2D eigenvalue weighted by Crippen LogP contribution is -2.14. The van der Waals surface area contributed by atoms with Crippen molar-refractivity contribution < 1.29 is 0 Å². The molecule has 1 heterocycles. The second-order valence-corrected chi connectivity index (χ2v) is 15.9. The molecule has 0 atom stereocenters. The highest BCUT2D eigenvalue weighted by molar-refractivity contribution is 6.22. The Hall–Kier alpha value is -7.03. The Balaban J connectivity index is 1.13. The molecule has 1 aromatic heterocycles. The van der Waals surface area contributed by atoms with Crippen molar-refractivity contribution >= 4 is 49.7 Å². The lowest BCUT2D eigenvalue weighted by Gasteiger charge is -2.21. The zero-order chi connectivity index (χ0) is 39.4. The van der Waals surface area contributed by atoms with Crippen LogP contribution in [0.3, 0.4) is 0 Å². The maximum atomic E-state index is 5.34. The molecule has 9 aromatic rings. The van der Waals surface area contributed by atoms with Gasteiger partial charge in [-0.25, -0.2) is 0 Å². The van der Waals surface area contributed by atoms with Crippen molar-refractivity contribution in [3.05, 3.63) is 217 Å². The third kappa shape index (κ3) is 5.92. The summed E-state index contributed by atoms with van der Waals surface area (Å²) in [5.74, 6) is 0. The van der Waals surface area contributed by atoms with Gasteiger partial charge in [-0.2, -0.15) is 0 Å². The fourth-order valence-electron chi connectivity index (χ4n) is 9.19. The minimum atomic E-state index is -0.0148. The molecule has 0 bridgehead atoms. The Morgan fingerprint density at radius 2 is 1.19 bits per heavy atom. The zero-order valence-corrected chi connectivity index (χ0v) is 33.2. The highest BCUT2D eigenvalue weighted by atomic mass is 15.0. The Labute approximate surface area is 340 Å². The molecule has 10 rings (SSSR count). The van der Waals surface area contributed by atoms with Crippen LogP contribution >= 0.6 is 0 Å². The Bertz CT molecular complexity index is 3120. The quantitative estimate of drug-likeness (QED) is 0.109. The van der Waals surface area contributed by atoms with Crippen LogP contribution in [0.5, 0.6) is 0 Å². The fourth-order valence-corrected chi connectivity index (χ4v) is 9.19. The van der Waals surface area contributed by atoms with Crippen molar-refractivity contribution in [1.29, 1.82) is 0 Å². The van der Waals surface area contributed by atoms with E-state index in [-0.39, 0.29) is 5.41 Å². The molecule has 0 aliphatic heterocycles. The van der Waals surface area contributed by atoms with Gasteiger partial charge in [0.1, 0.15) is 0 Å². The summed E-state index contributed by atoms with van der Waals surface area (Å²) in [5, 5.41) is 4.88. The molecule has 1 aliphatic rings. The summed E-state index contributed by atoms with van der Waals surface area (Å²) >= 11 is 0. The van der Waals surface area contributed by atoms with Crippen LogP contribution in [0.15, 0.2) is 200 Å². The van der Waals surface area contributed by atoms with Crippen LogP contribution in [0.2, 0.25) is 0 Å². The summed E-state index contributed by atoms with van der Waals surface area (Å²) in [5.41, 5.74) is 17.4. The number of hydrogen-bond donors (Lipinski definition) is 0. The summed E-state index contributed by atoms with van der Waals surface area (Å²) in [6.07, 6.45) is 2.96. The molecule has 0 amide bonds. The van der Waals surface area contributed by atoms with Gasteiger partial charge < -0.3 is 4.57 Å². The molecular weight excluding hydrogens is 701 g/mol. The number of hydrogen-bond acceptors (Lipinski definition) is 1. The van der Waals surface area contributed by atoms with Crippen LogP contribution in [0.25, 0.3) is 77.4 Å². The number of rotatable bonds is 8. The molecule has 1 aliphatic carbocycles. The van der Waals surface area contributed by atoms with Crippen molar-refractivity contribution in [2.75, 3.05) is 0 Å². The Morgan fingerprint density at radius 1 is 0.552 bits per heavy atom. The van der Waals surface area contributed by atoms with Crippen molar-refractivity contribution in [3.63, 3.8) is 0 Å². The molecule has 0 N–H and O–H groups in total. The van der Waals surface area contributed by atoms with E-state index in [0.717, 1.165) is 51.3 Å². The molecule has 0 saturated heterocycles. The summed E-state index contributed by atoms with van der Waals surface area (Å²) in [4.78, 5) is 5.34. The normalized spacial score (nSPS) is 13.6. The van der Waals surface area contributed by atoms with Crippen LogP contribution in [0.1, 0.15) is 49.4 Å². The summed E-state index contributed by atoms with van der Waals surface area (Å²) in [6, 6.07) is 65.9. The lowest BCUT2D eigenvalue weighted by atomic mass is 9.82. The zero-order valence-electron chi connectivity index (χ0n) is 33.2. The van der Waals surface area contributed by atoms with Gasteiger partial charge in [-0.1, -0.05) is 185 Å². The average Bonchev–Trinajstić information content (AvgIpc) is 3.73. The maximum absolute atomic E-state index is 5.34. The van der Waals surface area contributed by atoms with E-state index in [0.29, 0.717) is 0 Å². The Kier molecular flexibility index (Phi) is 8.64. The fraction of sp³-hybridized carbons (Fsp3) is 0.0893. The highest BCUT2D eigenvalue weighted by Crippen LogP contribution is 2.49. The summed E-state index contributed by atoms with van der Waals surface area (Å²) in [6.45, 7) is 11.6. The van der Waals surface area contributed by atoms with Crippen LogP contribution in [0.4, 0.5) is 0 Å². The van der Waals surface area contributed by atoms with E-state index in [1.807, 2.05) is 0 Å². The van der Waals surface area contributed by atoms with Crippen molar-refractivity contribution in [2.24, 2.45) is 4.99 Å². The van der Waals surface area contributed by atoms with E-state index >= 15 is 0 Å². The first-order valence-corrected chi connectivity index (χ1v) is 20.3. The first-order chi connectivity index (χ1) is 28.4. The molecule has 0 unspecified atom stereocenters. The predicted octanol–water partition coefficient (Wildman–Crippen LogP) is 15.0. The first-order valence-electron chi connectivity index (χ1n) is 20.3. The topological polar surface area (TPSA) is 17.3 Å². The van der Waals surface area contributed by atoms with Crippen molar-refractivity contribution in [1.82, 2.24) is 4.57 Å². The van der Waals surface area contributed by atoms with Gasteiger partial charge in [-0.3, -0.25) is 4.99 Å². The van der Waals surface area contributed by atoms with Crippen LogP contribution in [-0.2, 0) is 5.41 Å². The van der Waals surface area contributed by atoms with Crippen molar-refractivity contribution in [3.8, 4) is 33.4 Å². The van der Waals surface area contributed by atoms with E-state index in [1.54, 1.807) is 0 Å². The summed E-state index contributed by atoms with van der Waals surface area (Å²) in [7, 11) is 0. The van der Waals surface area contributed by atoms with Gasteiger partial charge in [0.05, 0.1) is 16.7 Å². The molecule has 0 saturated carbocycles. The SMILES string of the molecule is C=C(/C=C(\N=C(CC)c1ccccc1)c1ccccc1)n1c2cc(-c3cccc(-c4ccc5c(c4)-c4ccccc4C5(C)C)c3)ccc2c2c3ccccc3ccc21. The number of aromatic nitrogens is 1. The monoisotopic (exact) mass is 744 g/mol. The van der Waals surface area contributed by atoms with Crippen LogP contribution < -0.4 is 0 Å². The average molecular weight is 745 g/mol. The van der Waals surface area contributed by atoms with E-state index in [4.69, 9.17) is 11.6 Å². The van der Waals surface area contributed by atoms with Crippen molar-refractivity contribution in [2.45, 2.75) is 32.6 Å². The third-order valence-electron chi connectivity index (χ3n) is 12.1. The van der Waals surface area contributed by atoms with E-state index in [2.05, 4.69) is 213 Å². The number of benzene rings is 8. The van der Waals surface area contributed by atoms with Gasteiger partial charge in [-0.15, -0.1) is 0 Å². The smallest absolute Gasteiger partial charge is 0.0726 e. The molecule has 58 heavy (non-hydrogen) atoms. The predicted molar refractivity (Wildman–Crippen MR) is 248 cm³/mol. The molecule has 0 spiro atoms. The van der Waals surface area contributed by atoms with E-state index in [9.17, 15) is 0 Å². The number of nitrogens with zero attached hydrogens (tertiary/aromatic N) is 2. The van der Waals surface area contributed by atoms with Gasteiger partial charge in [0, 0.05) is 33.2 Å². The molecule has 8 aromatic carbocycles. The minimum Gasteiger partial charge on any atom is -0.310 e. The minimum absolute atomic E-state index is 0.0148. The second kappa shape index (κ2) is 14.2. The van der Waals surface area contributed by atoms with E-state index < -0.39 is 0 Å². The second-order valence-electron chi connectivity index (χ2n) is 15.9. The largest absolute Gasteiger partial charge is 0.310 e. The highest BCUT2D eigenvalue weighted by Gasteiger charge is 2.35. The Morgan fingerprint density at radius 3 is 1.97 bits per heavy atom. The van der Waals surface area contributed by atoms with Gasteiger partial charge >= 0.3 is 0 Å². The third-order valence-corrected chi connectivity index (χ3v) is 12.1. The molecule has 278 valence electrons. The maximum Gasteiger partial charge on any atom is 0.0726 e. The molecule has 2 heteroatoms. The standard InChI is InChI=1S/C56H44N2/c1-5-51(39-18-8-6-9-19-39)57-52(40-20-10-7-11-21-40)33-37(2)58-53-32-29-38-17-12-13-24-45(38)55(53)47-30-27-44(36-54(47)58)42-23-16-22-41(34-42)43-28-31-50-48(35-43)46-25-14-15-26-49(46)56(50,3)4/h6-36H,2,5H2,1,3-4H3/b52-33-,57-51?. The molecule has 0 radical (unpaired) electrons. The van der Waals surface area contributed by atoms with Gasteiger partial charge in [0.25, 0.3) is 0 Å². The molecule has 0 fully saturated rings. The van der Waals surface area contributed by atoms with Gasteiger partial charge in [0.2, 0.25) is 0 Å². The van der Waals surface area contributed by atoms with E-state index in [1.165, 1.54) is 60.5 Å². The molecular formula is C56H44N2. The first kappa shape index (κ1) is 35.4. The van der Waals surface area contributed by atoms with Crippen LogP contribution in [0, 0.1) is 0 Å². The number of fused-ring (bicyclic) bond motifs is 8. The molecule has 2 nitrogen and oxygen atoms in total.